The van der Waals surface area contributed by atoms with Gasteiger partial charge in [-0.2, -0.15) is 0 Å². The molecule has 26 heavy (non-hydrogen) atoms. The molecular weight excluding hydrogens is 332 g/mol. The number of aliphatic hydroxyl groups excluding tert-OH is 1. The number of hydrogen-bond donors (Lipinski definition) is 1. The monoisotopic (exact) mass is 364 g/mol. The molecule has 0 radical (unpaired) electrons. The van der Waals surface area contributed by atoms with Crippen LogP contribution >= 0.6 is 0 Å². The molecule has 1 saturated heterocycles. The van der Waals surface area contributed by atoms with E-state index in [1.165, 1.54) is 0 Å². The molecule has 0 bridgehead atoms. The van der Waals surface area contributed by atoms with Gasteiger partial charge >= 0.3 is 11.9 Å². The molecule has 5 heteroatoms. The van der Waals surface area contributed by atoms with Gasteiger partial charge in [-0.05, 0) is 37.2 Å². The number of hydrogen-bond acceptors (Lipinski definition) is 5. The molecule has 5 atom stereocenters. The van der Waals surface area contributed by atoms with Crippen LogP contribution in [-0.2, 0) is 19.1 Å². The van der Waals surface area contributed by atoms with Crippen molar-refractivity contribution in [1.29, 1.82) is 0 Å². The van der Waals surface area contributed by atoms with E-state index in [2.05, 4.69) is 13.5 Å². The molecular formula is C21H32O5. The number of carbonyl (C=O) groups excluding carboxylic acids is 2. The maximum atomic E-state index is 12.5. The Balaban J connectivity index is 2.30. The van der Waals surface area contributed by atoms with E-state index in [4.69, 9.17) is 14.6 Å². The van der Waals surface area contributed by atoms with Crippen molar-refractivity contribution in [3.63, 3.8) is 0 Å². The quantitative estimate of drug-likeness (QED) is 0.405. The molecule has 1 unspecified atom stereocenters. The van der Waals surface area contributed by atoms with E-state index < -0.39 is 6.10 Å². The minimum absolute atomic E-state index is 0.134. The Labute approximate surface area is 156 Å². The summed E-state index contributed by atoms with van der Waals surface area (Å²) >= 11 is 0. The number of carbonyl (C=O) groups is 2. The van der Waals surface area contributed by atoms with Crippen molar-refractivity contribution >= 4 is 11.9 Å². The minimum Gasteiger partial charge on any atom is -0.458 e. The third kappa shape index (κ3) is 4.37. The van der Waals surface area contributed by atoms with Crippen LogP contribution in [0, 0.1) is 17.8 Å². The van der Waals surface area contributed by atoms with E-state index in [9.17, 15) is 9.59 Å². The molecule has 1 N–H and O–H groups in total. The van der Waals surface area contributed by atoms with Crippen LogP contribution in [0.1, 0.15) is 59.8 Å². The Kier molecular flexibility index (Phi) is 7.04. The number of ether oxygens (including phenoxy) is 2. The van der Waals surface area contributed by atoms with Gasteiger partial charge in [0.25, 0.3) is 0 Å². The summed E-state index contributed by atoms with van der Waals surface area (Å²) < 4.78 is 11.4. The normalized spacial score (nSPS) is 27.8. The maximum absolute atomic E-state index is 12.5. The van der Waals surface area contributed by atoms with Crippen LogP contribution in [0.3, 0.4) is 0 Å². The van der Waals surface area contributed by atoms with Crippen molar-refractivity contribution in [3.05, 3.63) is 23.3 Å². The number of fused-ring (bicyclic) bond motifs is 1. The highest BCUT2D eigenvalue weighted by molar-refractivity contribution is 5.91. The molecule has 1 fully saturated rings. The van der Waals surface area contributed by atoms with Gasteiger partial charge in [-0.3, -0.25) is 4.79 Å². The average Bonchev–Trinajstić information content (AvgIpc) is 2.86. The predicted octanol–water partition coefficient (Wildman–Crippen LogP) is 3.56. The van der Waals surface area contributed by atoms with Gasteiger partial charge in [0.2, 0.25) is 0 Å². The zero-order valence-corrected chi connectivity index (χ0v) is 16.4. The van der Waals surface area contributed by atoms with Gasteiger partial charge in [0.15, 0.2) is 0 Å². The Morgan fingerprint density at radius 3 is 2.73 bits per heavy atom. The average molecular weight is 364 g/mol. The summed E-state index contributed by atoms with van der Waals surface area (Å²) in [6.07, 6.45) is 2.62. The summed E-state index contributed by atoms with van der Waals surface area (Å²) in [5.74, 6) is -0.518. The summed E-state index contributed by atoms with van der Waals surface area (Å²) in [6, 6.07) is 0. The lowest BCUT2D eigenvalue weighted by Gasteiger charge is -2.37. The minimum atomic E-state index is -0.502. The lowest BCUT2D eigenvalue weighted by atomic mass is 9.73. The Morgan fingerprint density at radius 2 is 2.12 bits per heavy atom. The molecule has 0 spiro atoms. The van der Waals surface area contributed by atoms with E-state index >= 15 is 0 Å². The van der Waals surface area contributed by atoms with Gasteiger partial charge in [0.05, 0.1) is 5.92 Å². The summed E-state index contributed by atoms with van der Waals surface area (Å²) in [5, 5.41) is 9.16. The van der Waals surface area contributed by atoms with Crippen LogP contribution in [0.5, 0.6) is 0 Å². The maximum Gasteiger partial charge on any atom is 0.334 e. The van der Waals surface area contributed by atoms with Crippen molar-refractivity contribution in [2.24, 2.45) is 17.8 Å². The van der Waals surface area contributed by atoms with Gasteiger partial charge in [-0.25, -0.2) is 4.79 Å². The van der Waals surface area contributed by atoms with Crippen molar-refractivity contribution in [2.45, 2.75) is 72.0 Å². The Hall–Kier alpha value is -1.62. The summed E-state index contributed by atoms with van der Waals surface area (Å²) in [4.78, 5) is 24.5. The lowest BCUT2D eigenvalue weighted by Crippen LogP contribution is -2.41. The molecule has 2 rings (SSSR count). The molecule has 2 aliphatic rings. The first-order valence-corrected chi connectivity index (χ1v) is 9.69. The molecule has 0 saturated carbocycles. The second-order valence-electron chi connectivity index (χ2n) is 7.83. The van der Waals surface area contributed by atoms with Crippen molar-refractivity contribution in [3.8, 4) is 0 Å². The second kappa shape index (κ2) is 8.85. The summed E-state index contributed by atoms with van der Waals surface area (Å²) in [7, 11) is 0. The highest BCUT2D eigenvalue weighted by Crippen LogP contribution is 2.45. The molecule has 0 aromatic heterocycles. The van der Waals surface area contributed by atoms with Gasteiger partial charge in [-0.15, -0.1) is 0 Å². The number of esters is 2. The van der Waals surface area contributed by atoms with Gasteiger partial charge in [0, 0.05) is 25.0 Å². The number of aliphatic hydroxyl groups is 1. The fourth-order valence-corrected chi connectivity index (χ4v) is 4.06. The fourth-order valence-electron chi connectivity index (χ4n) is 4.06. The zero-order chi connectivity index (χ0) is 19.4. The van der Waals surface area contributed by atoms with Crippen LogP contribution in [-0.4, -0.2) is 35.9 Å². The van der Waals surface area contributed by atoms with Crippen LogP contribution in [0.15, 0.2) is 23.3 Å². The topological polar surface area (TPSA) is 72.8 Å². The van der Waals surface area contributed by atoms with E-state index in [0.29, 0.717) is 24.8 Å². The van der Waals surface area contributed by atoms with E-state index in [0.717, 1.165) is 24.0 Å². The highest BCUT2D eigenvalue weighted by Gasteiger charge is 2.50. The molecule has 0 aromatic carbocycles. The van der Waals surface area contributed by atoms with Gasteiger partial charge in [-0.1, -0.05) is 39.3 Å². The van der Waals surface area contributed by atoms with E-state index in [-0.39, 0.29) is 42.4 Å². The molecule has 1 aliphatic carbocycles. The summed E-state index contributed by atoms with van der Waals surface area (Å²) in [5.41, 5.74) is 2.58. The molecule has 0 aromatic rings. The predicted molar refractivity (Wildman–Crippen MR) is 99.3 cm³/mol. The third-order valence-corrected chi connectivity index (χ3v) is 5.75. The molecule has 0 amide bonds. The fraction of sp³-hybridized carbons (Fsp3) is 0.714. The largest absolute Gasteiger partial charge is 0.458 e. The van der Waals surface area contributed by atoms with E-state index in [1.807, 2.05) is 20.8 Å². The van der Waals surface area contributed by atoms with Crippen molar-refractivity contribution < 1.29 is 24.2 Å². The van der Waals surface area contributed by atoms with Crippen LogP contribution in [0.2, 0.25) is 0 Å². The molecule has 146 valence electrons. The molecule has 5 nitrogen and oxygen atoms in total. The highest BCUT2D eigenvalue weighted by atomic mass is 16.6. The van der Waals surface area contributed by atoms with Crippen molar-refractivity contribution in [2.75, 3.05) is 6.61 Å². The third-order valence-electron chi connectivity index (χ3n) is 5.75. The standard InChI is InChI=1S/C21H32O5/c1-6-12(2)10-17(23)26-20-18(13(3)8-7-9-22)14(4)11-16-19(20)15(5)21(24)25-16/h12-13,16,19-20,22H,5-11H2,1-4H3/t12?,13-,16+,19+,20+/m1/s1. The van der Waals surface area contributed by atoms with Gasteiger partial charge in [0.1, 0.15) is 12.2 Å². The molecule has 1 aliphatic heterocycles. The van der Waals surface area contributed by atoms with Gasteiger partial charge < -0.3 is 14.6 Å². The summed E-state index contributed by atoms with van der Waals surface area (Å²) in [6.45, 7) is 12.2. The first-order valence-electron chi connectivity index (χ1n) is 9.69. The first-order chi connectivity index (χ1) is 12.3. The van der Waals surface area contributed by atoms with Crippen LogP contribution < -0.4 is 0 Å². The smallest absolute Gasteiger partial charge is 0.334 e. The van der Waals surface area contributed by atoms with E-state index in [1.54, 1.807) is 0 Å². The van der Waals surface area contributed by atoms with Crippen LogP contribution in [0.4, 0.5) is 0 Å². The second-order valence-corrected chi connectivity index (χ2v) is 7.83. The Morgan fingerprint density at radius 1 is 1.42 bits per heavy atom. The SMILES string of the molecule is C=C1C(=O)O[C@H]2CC(C)=C([C@H](C)CCCO)[C@H](OC(=O)CC(C)CC)[C@@H]12. The lowest BCUT2D eigenvalue weighted by molar-refractivity contribution is -0.152. The zero-order valence-electron chi connectivity index (χ0n) is 16.4. The first kappa shape index (κ1) is 20.7. The van der Waals surface area contributed by atoms with Crippen molar-refractivity contribution in [1.82, 2.24) is 0 Å². The van der Waals surface area contributed by atoms with Crippen LogP contribution in [0.25, 0.3) is 0 Å². The number of rotatable bonds is 8. The molecule has 1 heterocycles. The Bertz CT molecular complexity index is 591.